The van der Waals surface area contributed by atoms with Crippen LogP contribution in [0.5, 0.6) is 0 Å². The molecule has 0 unspecified atom stereocenters. The first-order chi connectivity index (χ1) is 24.6. The first-order valence-corrected chi connectivity index (χ1v) is 21.5. The van der Waals surface area contributed by atoms with Gasteiger partial charge < -0.3 is 24.2 Å². The maximum Gasteiger partial charge on any atom is 0.508 e. The van der Waals surface area contributed by atoms with Crippen molar-refractivity contribution in [3.8, 4) is 0 Å². The summed E-state index contributed by atoms with van der Waals surface area (Å²) >= 11 is 0. The van der Waals surface area contributed by atoms with E-state index in [0.29, 0.717) is 19.6 Å². The molecule has 0 aromatic rings. The number of esters is 1. The molecular weight excluding hydrogens is 626 g/mol. The van der Waals surface area contributed by atoms with E-state index in [2.05, 4.69) is 31.7 Å². The molecular formula is C43H83NO6. The molecule has 0 amide bonds. The summed E-state index contributed by atoms with van der Waals surface area (Å²) in [6.07, 6.45) is 36.8. The molecule has 0 radical (unpaired) electrons. The molecule has 0 aromatic heterocycles. The van der Waals surface area contributed by atoms with E-state index < -0.39 is 6.16 Å². The summed E-state index contributed by atoms with van der Waals surface area (Å²) in [7, 11) is 0. The minimum absolute atomic E-state index is 0.00353. The highest BCUT2D eigenvalue weighted by Crippen LogP contribution is 2.18. The lowest BCUT2D eigenvalue weighted by Crippen LogP contribution is -2.29. The molecule has 0 aromatic carbocycles. The predicted molar refractivity (Wildman–Crippen MR) is 211 cm³/mol. The van der Waals surface area contributed by atoms with Crippen molar-refractivity contribution in [1.82, 2.24) is 4.90 Å². The maximum atomic E-state index is 12.7. The second-order valence-corrected chi connectivity index (χ2v) is 14.5. The normalized spacial score (nSPS) is 11.6. The van der Waals surface area contributed by atoms with Crippen molar-refractivity contribution >= 4 is 12.1 Å². The molecule has 0 fully saturated rings. The average molecular weight is 710 g/mol. The van der Waals surface area contributed by atoms with Crippen molar-refractivity contribution in [2.24, 2.45) is 0 Å². The number of hydrogen-bond donors (Lipinski definition) is 1. The van der Waals surface area contributed by atoms with Gasteiger partial charge in [0.05, 0.1) is 13.2 Å². The van der Waals surface area contributed by atoms with Gasteiger partial charge in [-0.2, -0.15) is 0 Å². The fourth-order valence-corrected chi connectivity index (χ4v) is 6.40. The van der Waals surface area contributed by atoms with Crippen LogP contribution in [0.4, 0.5) is 4.79 Å². The van der Waals surface area contributed by atoms with Crippen molar-refractivity contribution < 1.29 is 28.9 Å². The topological polar surface area (TPSA) is 85.3 Å². The predicted octanol–water partition coefficient (Wildman–Crippen LogP) is 12.3. The van der Waals surface area contributed by atoms with Gasteiger partial charge >= 0.3 is 12.1 Å². The second kappa shape index (κ2) is 40.2. The van der Waals surface area contributed by atoms with E-state index >= 15 is 0 Å². The van der Waals surface area contributed by atoms with E-state index in [1.54, 1.807) is 0 Å². The van der Waals surface area contributed by atoms with Crippen molar-refractivity contribution in [1.29, 1.82) is 0 Å². The molecule has 0 rings (SSSR count). The largest absolute Gasteiger partial charge is 0.508 e. The van der Waals surface area contributed by atoms with E-state index in [1.807, 2.05) is 6.08 Å². The van der Waals surface area contributed by atoms with E-state index in [0.717, 1.165) is 90.1 Å². The summed E-state index contributed by atoms with van der Waals surface area (Å²) in [5, 5.41) is 9.52. The summed E-state index contributed by atoms with van der Waals surface area (Å²) in [6, 6.07) is 0. The van der Waals surface area contributed by atoms with E-state index in [9.17, 15) is 14.7 Å². The summed E-state index contributed by atoms with van der Waals surface area (Å²) in [5.41, 5.74) is 0. The number of hydrogen-bond acceptors (Lipinski definition) is 7. The quantitative estimate of drug-likeness (QED) is 0.0386. The third-order valence-corrected chi connectivity index (χ3v) is 9.61. The van der Waals surface area contributed by atoms with E-state index in [-0.39, 0.29) is 25.3 Å². The van der Waals surface area contributed by atoms with Crippen LogP contribution in [0.1, 0.15) is 207 Å². The fourth-order valence-electron chi connectivity index (χ4n) is 6.40. The first-order valence-electron chi connectivity index (χ1n) is 21.5. The Kier molecular flexibility index (Phi) is 38.9. The van der Waals surface area contributed by atoms with Crippen molar-refractivity contribution in [3.05, 3.63) is 12.2 Å². The first kappa shape index (κ1) is 48.4. The van der Waals surface area contributed by atoms with Gasteiger partial charge in [-0.1, -0.05) is 148 Å². The number of rotatable bonds is 39. The van der Waals surface area contributed by atoms with E-state index in [4.69, 9.17) is 14.2 Å². The Morgan fingerprint density at radius 1 is 0.560 bits per heavy atom. The van der Waals surface area contributed by atoms with Gasteiger partial charge in [-0.25, -0.2) is 4.79 Å². The molecule has 7 nitrogen and oxygen atoms in total. The number of carbonyl (C=O) groups is 2. The summed E-state index contributed by atoms with van der Waals surface area (Å²) in [5.74, 6) is 0.00353. The molecule has 0 heterocycles. The lowest BCUT2D eigenvalue weighted by molar-refractivity contribution is -0.150. The second-order valence-electron chi connectivity index (χ2n) is 14.5. The zero-order valence-electron chi connectivity index (χ0n) is 33.4. The third kappa shape index (κ3) is 36.2. The molecule has 50 heavy (non-hydrogen) atoms. The molecule has 0 bridgehead atoms. The molecule has 0 spiro atoms. The molecule has 0 aliphatic rings. The fraction of sp³-hybridized carbons (Fsp3) is 0.907. The van der Waals surface area contributed by atoms with Gasteiger partial charge in [-0.3, -0.25) is 4.79 Å². The van der Waals surface area contributed by atoms with Crippen molar-refractivity contribution in [2.45, 2.75) is 213 Å². The molecule has 7 heteroatoms. The number of ether oxygens (including phenoxy) is 3. The molecule has 0 saturated carbocycles. The molecule has 0 saturated heterocycles. The number of aliphatic hydroxyl groups excluding tert-OH is 1. The number of carbonyl (C=O) groups excluding carboxylic acids is 2. The van der Waals surface area contributed by atoms with Crippen LogP contribution in [0, 0.1) is 0 Å². The Balaban J connectivity index is 3.97. The Labute approximate surface area is 310 Å². The van der Waals surface area contributed by atoms with Crippen LogP contribution in [0.15, 0.2) is 12.2 Å². The molecule has 0 aliphatic carbocycles. The summed E-state index contributed by atoms with van der Waals surface area (Å²) < 4.78 is 16.3. The SMILES string of the molecule is CCCCCC/C=C\COC(=O)OCCCCCCN(CCO)CCCCCCCC(=O)OC(CCCCCCCC)CCCCCCCC. The minimum Gasteiger partial charge on any atom is -0.462 e. The molecule has 296 valence electrons. The zero-order chi connectivity index (χ0) is 36.6. The Morgan fingerprint density at radius 2 is 1.06 bits per heavy atom. The molecule has 0 atom stereocenters. The van der Waals surface area contributed by atoms with Gasteiger partial charge in [-0.15, -0.1) is 0 Å². The van der Waals surface area contributed by atoms with Gasteiger partial charge in [0.25, 0.3) is 0 Å². The highest BCUT2D eigenvalue weighted by molar-refractivity contribution is 5.69. The number of nitrogens with zero attached hydrogens (tertiary/aromatic N) is 1. The van der Waals surface area contributed by atoms with Crippen molar-refractivity contribution in [3.63, 3.8) is 0 Å². The molecule has 1 N–H and O–H groups in total. The smallest absolute Gasteiger partial charge is 0.462 e. The van der Waals surface area contributed by atoms with Crippen LogP contribution in [0.3, 0.4) is 0 Å². The number of allylic oxidation sites excluding steroid dienone is 1. The van der Waals surface area contributed by atoms with Crippen LogP contribution in [0.2, 0.25) is 0 Å². The monoisotopic (exact) mass is 710 g/mol. The van der Waals surface area contributed by atoms with Crippen LogP contribution in [0.25, 0.3) is 0 Å². The van der Waals surface area contributed by atoms with Gasteiger partial charge in [0.15, 0.2) is 0 Å². The zero-order valence-corrected chi connectivity index (χ0v) is 33.4. The lowest BCUT2D eigenvalue weighted by atomic mass is 10.0. The number of unbranched alkanes of at least 4 members (excludes halogenated alkanes) is 21. The van der Waals surface area contributed by atoms with E-state index in [1.165, 1.54) is 103 Å². The summed E-state index contributed by atoms with van der Waals surface area (Å²) in [6.45, 7) is 10.3. The van der Waals surface area contributed by atoms with Crippen LogP contribution in [-0.2, 0) is 19.0 Å². The minimum atomic E-state index is -0.582. The van der Waals surface area contributed by atoms with Crippen LogP contribution >= 0.6 is 0 Å². The van der Waals surface area contributed by atoms with Crippen molar-refractivity contribution in [2.75, 3.05) is 39.5 Å². The van der Waals surface area contributed by atoms with Crippen LogP contribution in [-0.4, -0.2) is 67.7 Å². The van der Waals surface area contributed by atoms with Gasteiger partial charge in [0.1, 0.15) is 12.7 Å². The Bertz CT molecular complexity index is 729. The third-order valence-electron chi connectivity index (χ3n) is 9.61. The highest BCUT2D eigenvalue weighted by Gasteiger charge is 2.14. The standard InChI is InChI=1S/C43H83NO6/c1-4-7-10-13-16-23-30-39-48-43(47)49-40-31-24-22-29-36-44(37-38-45)35-28-21-17-20-27-34-42(46)50-41(32-25-18-14-11-8-5-2)33-26-19-15-12-9-6-3/h23,30,41,45H,4-22,24-29,31-40H2,1-3H3/b30-23-. The highest BCUT2D eigenvalue weighted by atomic mass is 16.7. The maximum absolute atomic E-state index is 12.7. The average Bonchev–Trinajstić information content (AvgIpc) is 3.11. The Morgan fingerprint density at radius 3 is 1.64 bits per heavy atom. The van der Waals surface area contributed by atoms with Gasteiger partial charge in [0, 0.05) is 13.0 Å². The molecule has 0 aliphatic heterocycles. The Hall–Kier alpha value is -1.60. The lowest BCUT2D eigenvalue weighted by Gasteiger charge is -2.21. The number of aliphatic hydroxyl groups is 1. The van der Waals surface area contributed by atoms with Crippen LogP contribution < -0.4 is 0 Å². The summed E-state index contributed by atoms with van der Waals surface area (Å²) in [4.78, 5) is 26.7. The van der Waals surface area contributed by atoms with Gasteiger partial charge in [0.2, 0.25) is 0 Å². The van der Waals surface area contributed by atoms with Gasteiger partial charge in [-0.05, 0) is 77.3 Å².